The Balaban J connectivity index is 1.86. The topological polar surface area (TPSA) is 72.5 Å². The molecule has 0 aliphatic carbocycles. The highest BCUT2D eigenvalue weighted by Gasteiger charge is 2.33. The Labute approximate surface area is 189 Å². The van der Waals surface area contributed by atoms with Crippen molar-refractivity contribution in [2.45, 2.75) is 46.2 Å². The van der Waals surface area contributed by atoms with Gasteiger partial charge in [0.25, 0.3) is 5.69 Å². The van der Waals surface area contributed by atoms with Gasteiger partial charge in [-0.1, -0.05) is 32.9 Å². The lowest BCUT2D eigenvalue weighted by Crippen LogP contribution is -2.11. The number of hydrogen-bond donors (Lipinski definition) is 1. The minimum atomic E-state index is -4.67. The van der Waals surface area contributed by atoms with Gasteiger partial charge >= 0.3 is 6.18 Å². The summed E-state index contributed by atoms with van der Waals surface area (Å²) in [6, 6.07) is 12.5. The molecule has 0 fully saturated rings. The molecule has 0 spiro atoms. The molecular weight excluding hydrogens is 433 g/mol. The van der Waals surface area contributed by atoms with E-state index >= 15 is 0 Å². The smallest absolute Gasteiger partial charge is 0.318 e. The standard InChI is InChI=1S/C24H25F3N4O2/c1-15-12-17(16(2)30(15)20-9-6-18(7-10-20)23(3,4)5)14-28-29-21-11-8-19(24(25,26)27)13-22(21)31(32)33/h6-14,29H,1-5H3/b28-14-. The van der Waals surface area contributed by atoms with Crippen LogP contribution in [-0.2, 0) is 11.6 Å². The number of nitrogens with one attached hydrogen (secondary N) is 1. The number of nitro groups is 1. The van der Waals surface area contributed by atoms with Gasteiger partial charge in [-0.3, -0.25) is 15.5 Å². The summed E-state index contributed by atoms with van der Waals surface area (Å²) < 4.78 is 40.7. The number of nitro benzene ring substituents is 1. The molecule has 6 nitrogen and oxygen atoms in total. The predicted octanol–water partition coefficient (Wildman–Crippen LogP) is 6.76. The highest BCUT2D eigenvalue weighted by molar-refractivity contribution is 5.83. The SMILES string of the molecule is Cc1cc(/C=N\Nc2ccc(C(F)(F)F)cc2[N+](=O)[O-])c(C)n1-c1ccc(C(C)(C)C)cc1. The van der Waals surface area contributed by atoms with Crippen molar-refractivity contribution in [1.82, 2.24) is 4.57 Å². The van der Waals surface area contributed by atoms with Crippen molar-refractivity contribution in [1.29, 1.82) is 0 Å². The lowest BCUT2D eigenvalue weighted by atomic mass is 9.87. The van der Waals surface area contributed by atoms with E-state index in [1.54, 1.807) is 0 Å². The van der Waals surface area contributed by atoms with Gasteiger partial charge in [0.2, 0.25) is 0 Å². The zero-order valence-electron chi connectivity index (χ0n) is 19.0. The molecule has 0 amide bonds. The Morgan fingerprint density at radius 1 is 1.00 bits per heavy atom. The van der Waals surface area contributed by atoms with Crippen molar-refractivity contribution in [3.63, 3.8) is 0 Å². The number of aromatic nitrogens is 1. The number of rotatable bonds is 5. The van der Waals surface area contributed by atoms with Gasteiger partial charge in [0.05, 0.1) is 16.7 Å². The number of benzene rings is 2. The summed E-state index contributed by atoms with van der Waals surface area (Å²) in [7, 11) is 0. The molecule has 0 atom stereocenters. The Morgan fingerprint density at radius 3 is 2.15 bits per heavy atom. The van der Waals surface area contributed by atoms with Crippen LogP contribution in [0.1, 0.15) is 48.8 Å². The maximum absolute atomic E-state index is 12.9. The molecule has 174 valence electrons. The second-order valence-electron chi connectivity index (χ2n) is 8.82. The lowest BCUT2D eigenvalue weighted by molar-refractivity contribution is -0.384. The quantitative estimate of drug-likeness (QED) is 0.261. The first-order chi connectivity index (χ1) is 15.3. The van der Waals surface area contributed by atoms with Gasteiger partial charge in [-0.15, -0.1) is 0 Å². The van der Waals surface area contributed by atoms with Crippen LogP contribution in [0.5, 0.6) is 0 Å². The molecule has 0 saturated heterocycles. The molecule has 0 bridgehead atoms. The van der Waals surface area contributed by atoms with Crippen LogP contribution in [-0.4, -0.2) is 15.7 Å². The van der Waals surface area contributed by atoms with Crippen LogP contribution in [0.15, 0.2) is 53.6 Å². The maximum Gasteiger partial charge on any atom is 0.416 e. The monoisotopic (exact) mass is 458 g/mol. The van der Waals surface area contributed by atoms with Crippen molar-refractivity contribution in [2.24, 2.45) is 5.10 Å². The third-order valence-electron chi connectivity index (χ3n) is 5.37. The van der Waals surface area contributed by atoms with Gasteiger partial charge in [0, 0.05) is 28.7 Å². The van der Waals surface area contributed by atoms with Crippen LogP contribution in [0, 0.1) is 24.0 Å². The second-order valence-corrected chi connectivity index (χ2v) is 8.82. The summed E-state index contributed by atoms with van der Waals surface area (Å²) in [4.78, 5) is 10.3. The van der Waals surface area contributed by atoms with Gasteiger partial charge in [0.15, 0.2) is 0 Å². The first-order valence-corrected chi connectivity index (χ1v) is 10.2. The highest BCUT2D eigenvalue weighted by atomic mass is 19.4. The third kappa shape index (κ3) is 5.24. The van der Waals surface area contributed by atoms with Crippen LogP contribution in [0.25, 0.3) is 5.69 Å². The number of aryl methyl sites for hydroxylation is 1. The molecule has 33 heavy (non-hydrogen) atoms. The molecular formula is C24H25F3N4O2. The molecule has 1 N–H and O–H groups in total. The van der Waals surface area contributed by atoms with E-state index in [-0.39, 0.29) is 11.1 Å². The van der Waals surface area contributed by atoms with E-state index in [0.29, 0.717) is 6.07 Å². The number of nitrogens with zero attached hydrogens (tertiary/aromatic N) is 3. The fourth-order valence-electron chi connectivity index (χ4n) is 3.55. The van der Waals surface area contributed by atoms with Crippen LogP contribution < -0.4 is 5.43 Å². The zero-order chi connectivity index (χ0) is 24.6. The first-order valence-electron chi connectivity index (χ1n) is 10.2. The van der Waals surface area contributed by atoms with Gasteiger partial charge < -0.3 is 4.57 Å². The van der Waals surface area contributed by atoms with Crippen LogP contribution in [0.2, 0.25) is 0 Å². The highest BCUT2D eigenvalue weighted by Crippen LogP contribution is 2.35. The summed E-state index contributed by atoms with van der Waals surface area (Å²) in [5, 5.41) is 15.2. The molecule has 0 aliphatic heterocycles. The molecule has 2 aromatic carbocycles. The summed E-state index contributed by atoms with van der Waals surface area (Å²) in [6.07, 6.45) is -3.18. The Kier molecular flexibility index (Phi) is 6.35. The minimum Gasteiger partial charge on any atom is -0.318 e. The average Bonchev–Trinajstić information content (AvgIpc) is 3.00. The van der Waals surface area contributed by atoms with Crippen molar-refractivity contribution < 1.29 is 18.1 Å². The summed E-state index contributed by atoms with van der Waals surface area (Å²) >= 11 is 0. The molecule has 0 saturated carbocycles. The van der Waals surface area contributed by atoms with E-state index < -0.39 is 22.4 Å². The Morgan fingerprint density at radius 2 is 1.61 bits per heavy atom. The molecule has 1 heterocycles. The van der Waals surface area contributed by atoms with Gasteiger partial charge in [-0.2, -0.15) is 18.3 Å². The van der Waals surface area contributed by atoms with Crippen molar-refractivity contribution in [2.75, 3.05) is 5.43 Å². The summed E-state index contributed by atoms with van der Waals surface area (Å²) in [5.74, 6) is 0. The fourth-order valence-corrected chi connectivity index (χ4v) is 3.55. The van der Waals surface area contributed by atoms with E-state index in [0.717, 1.165) is 34.8 Å². The van der Waals surface area contributed by atoms with Gasteiger partial charge in [0.1, 0.15) is 5.69 Å². The van der Waals surface area contributed by atoms with Crippen molar-refractivity contribution in [3.8, 4) is 5.69 Å². The van der Waals surface area contributed by atoms with E-state index in [4.69, 9.17) is 0 Å². The van der Waals surface area contributed by atoms with Crippen LogP contribution in [0.4, 0.5) is 24.5 Å². The summed E-state index contributed by atoms with van der Waals surface area (Å²) in [6.45, 7) is 10.3. The molecule has 1 aromatic heterocycles. The first kappa shape index (κ1) is 24.0. The van der Waals surface area contributed by atoms with E-state index in [9.17, 15) is 23.3 Å². The fraction of sp³-hybridized carbons (Fsp3) is 0.292. The minimum absolute atomic E-state index is 0.0453. The number of halogens is 3. The molecule has 0 unspecified atom stereocenters. The molecule has 3 aromatic rings. The summed E-state index contributed by atoms with van der Waals surface area (Å²) in [5.41, 5.74) is 5.47. The van der Waals surface area contributed by atoms with Gasteiger partial charge in [-0.05, 0) is 55.2 Å². The third-order valence-corrected chi connectivity index (χ3v) is 5.37. The number of alkyl halides is 3. The number of hydrogen-bond acceptors (Lipinski definition) is 4. The van der Waals surface area contributed by atoms with E-state index in [1.807, 2.05) is 32.0 Å². The second kappa shape index (κ2) is 8.73. The Bertz CT molecular complexity index is 1200. The molecule has 3 rings (SSSR count). The van der Waals surface area contributed by atoms with Crippen molar-refractivity contribution in [3.05, 3.63) is 86.7 Å². The van der Waals surface area contributed by atoms with Crippen molar-refractivity contribution >= 4 is 17.6 Å². The van der Waals surface area contributed by atoms with E-state index in [1.165, 1.54) is 11.8 Å². The lowest BCUT2D eigenvalue weighted by Gasteiger charge is -2.20. The van der Waals surface area contributed by atoms with E-state index in [2.05, 4.69) is 48.0 Å². The largest absolute Gasteiger partial charge is 0.416 e. The van der Waals surface area contributed by atoms with Gasteiger partial charge in [-0.25, -0.2) is 0 Å². The number of anilines is 1. The molecule has 0 aliphatic rings. The van der Waals surface area contributed by atoms with Crippen LogP contribution in [0.3, 0.4) is 0 Å². The number of hydrazone groups is 1. The molecule has 9 heteroatoms. The normalized spacial score (nSPS) is 12.4. The predicted molar refractivity (Wildman–Crippen MR) is 123 cm³/mol. The maximum atomic E-state index is 12.9. The molecule has 0 radical (unpaired) electrons. The van der Waals surface area contributed by atoms with Crippen LogP contribution >= 0.6 is 0 Å². The Hall–Kier alpha value is -3.62. The zero-order valence-corrected chi connectivity index (χ0v) is 19.0. The average molecular weight is 458 g/mol.